The molecule has 0 aliphatic rings. The number of thiazole rings is 1. The average Bonchev–Trinajstić information content (AvgIpc) is 2.89. The molecule has 2 heterocycles. The lowest BCUT2D eigenvalue weighted by Crippen LogP contribution is -2.37. The smallest absolute Gasteiger partial charge is 0.240 e. The molecule has 0 spiro atoms. The Kier molecular flexibility index (Phi) is 4.22. The summed E-state index contributed by atoms with van der Waals surface area (Å²) < 4.78 is 0.859. The number of hydrogen-bond donors (Lipinski definition) is 2. The molecule has 0 aliphatic carbocycles. The van der Waals surface area contributed by atoms with Gasteiger partial charge in [-0.15, -0.1) is 0 Å². The van der Waals surface area contributed by atoms with Gasteiger partial charge in [0.1, 0.15) is 6.04 Å². The Hall–Kier alpha value is -2.18. The zero-order valence-electron chi connectivity index (χ0n) is 11.5. The molecular weight excluding hydrogens is 320 g/mol. The number of hydrogen-bond acceptors (Lipinski definition) is 5. The molecule has 22 heavy (non-hydrogen) atoms. The molecule has 0 aliphatic heterocycles. The van der Waals surface area contributed by atoms with E-state index in [1.165, 1.54) is 11.3 Å². The Balaban J connectivity index is 1.81. The Morgan fingerprint density at radius 3 is 2.86 bits per heavy atom. The molecule has 0 fully saturated rings. The van der Waals surface area contributed by atoms with Crippen LogP contribution < -0.4 is 11.1 Å². The number of halogens is 1. The molecule has 7 heteroatoms. The predicted octanol–water partition coefficient (Wildman–Crippen LogP) is 2.85. The van der Waals surface area contributed by atoms with Crippen molar-refractivity contribution in [2.75, 3.05) is 5.32 Å². The van der Waals surface area contributed by atoms with E-state index >= 15 is 0 Å². The number of primary amides is 1. The molecule has 0 bridgehead atoms. The predicted molar refractivity (Wildman–Crippen MR) is 89.2 cm³/mol. The van der Waals surface area contributed by atoms with Crippen LogP contribution in [0, 0.1) is 0 Å². The number of rotatable bonds is 5. The summed E-state index contributed by atoms with van der Waals surface area (Å²) in [5, 5.41) is 4.24. The van der Waals surface area contributed by atoms with Gasteiger partial charge in [0.2, 0.25) is 5.91 Å². The first-order chi connectivity index (χ1) is 10.6. The molecule has 0 radical (unpaired) electrons. The summed E-state index contributed by atoms with van der Waals surface area (Å²) in [5.74, 6) is -0.422. The van der Waals surface area contributed by atoms with E-state index in [0.29, 0.717) is 22.2 Å². The lowest BCUT2D eigenvalue weighted by molar-refractivity contribution is -0.118. The molecule has 3 N–H and O–H groups in total. The minimum atomic E-state index is -0.529. The van der Waals surface area contributed by atoms with Crippen molar-refractivity contribution in [1.82, 2.24) is 9.97 Å². The van der Waals surface area contributed by atoms with Gasteiger partial charge in [0.05, 0.1) is 9.72 Å². The fourth-order valence-electron chi connectivity index (χ4n) is 2.08. The molecular formula is C15H13ClN4OS. The summed E-state index contributed by atoms with van der Waals surface area (Å²) in [4.78, 5) is 20.2. The summed E-state index contributed by atoms with van der Waals surface area (Å²) in [5.41, 5.74) is 7.12. The maximum absolute atomic E-state index is 11.7. The molecule has 5 nitrogen and oxygen atoms in total. The second kappa shape index (κ2) is 6.29. The monoisotopic (exact) mass is 332 g/mol. The second-order valence-electron chi connectivity index (χ2n) is 4.78. The van der Waals surface area contributed by atoms with E-state index in [2.05, 4.69) is 15.3 Å². The number of pyridine rings is 1. The molecule has 0 saturated carbocycles. The Labute approximate surface area is 136 Å². The van der Waals surface area contributed by atoms with Crippen molar-refractivity contribution in [3.05, 3.63) is 53.2 Å². The average molecular weight is 333 g/mol. The largest absolute Gasteiger partial charge is 0.368 e. The molecule has 112 valence electrons. The van der Waals surface area contributed by atoms with E-state index in [0.717, 1.165) is 10.3 Å². The van der Waals surface area contributed by atoms with E-state index in [4.69, 9.17) is 17.3 Å². The van der Waals surface area contributed by atoms with Gasteiger partial charge in [0.15, 0.2) is 10.8 Å². The minimum absolute atomic E-state index is 0.422. The molecule has 3 rings (SSSR count). The third-order valence-corrected chi connectivity index (χ3v) is 4.27. The van der Waals surface area contributed by atoms with Crippen LogP contribution in [-0.4, -0.2) is 21.9 Å². The zero-order chi connectivity index (χ0) is 15.5. The van der Waals surface area contributed by atoms with Crippen LogP contribution >= 0.6 is 22.9 Å². The minimum Gasteiger partial charge on any atom is -0.368 e. The molecule has 1 aromatic carbocycles. The number of nitrogens with one attached hydrogen (secondary N) is 1. The van der Waals surface area contributed by atoms with Crippen molar-refractivity contribution in [1.29, 1.82) is 0 Å². The highest BCUT2D eigenvalue weighted by atomic mass is 35.5. The number of anilines is 1. The van der Waals surface area contributed by atoms with E-state index in [1.807, 2.05) is 30.3 Å². The molecule has 1 unspecified atom stereocenters. The summed E-state index contributed by atoms with van der Waals surface area (Å²) in [6.45, 7) is 0. The van der Waals surface area contributed by atoms with Crippen molar-refractivity contribution < 1.29 is 4.79 Å². The number of benzene rings is 1. The fraction of sp³-hybridized carbons (Fsp3) is 0.133. The summed E-state index contributed by atoms with van der Waals surface area (Å²) in [6, 6.07) is 11.0. The van der Waals surface area contributed by atoms with Crippen LogP contribution in [-0.2, 0) is 11.2 Å². The van der Waals surface area contributed by atoms with Gasteiger partial charge in [-0.3, -0.25) is 4.79 Å². The first-order valence-corrected chi connectivity index (χ1v) is 7.83. The van der Waals surface area contributed by atoms with E-state index < -0.39 is 11.9 Å². The topological polar surface area (TPSA) is 80.9 Å². The number of aromatic nitrogens is 2. The summed E-state index contributed by atoms with van der Waals surface area (Å²) in [6.07, 6.45) is 2.04. The van der Waals surface area contributed by atoms with Gasteiger partial charge >= 0.3 is 0 Å². The van der Waals surface area contributed by atoms with Gasteiger partial charge < -0.3 is 11.1 Å². The maximum Gasteiger partial charge on any atom is 0.240 e. The number of carbonyl (C=O) groups is 1. The van der Waals surface area contributed by atoms with Crippen molar-refractivity contribution >= 4 is 44.3 Å². The third kappa shape index (κ3) is 3.35. The normalized spacial score (nSPS) is 12.2. The Morgan fingerprint density at radius 1 is 1.36 bits per heavy atom. The molecule has 1 amide bonds. The quantitative estimate of drug-likeness (QED) is 0.752. The van der Waals surface area contributed by atoms with Crippen molar-refractivity contribution in [3.8, 4) is 0 Å². The first-order valence-electron chi connectivity index (χ1n) is 6.63. The lowest BCUT2D eigenvalue weighted by atomic mass is 10.1. The van der Waals surface area contributed by atoms with Crippen LogP contribution in [0.4, 0.5) is 5.13 Å². The van der Waals surface area contributed by atoms with Crippen molar-refractivity contribution in [3.63, 3.8) is 0 Å². The van der Waals surface area contributed by atoms with Crippen LogP contribution in [0.1, 0.15) is 5.56 Å². The van der Waals surface area contributed by atoms with Gasteiger partial charge in [0.25, 0.3) is 0 Å². The van der Waals surface area contributed by atoms with Gasteiger partial charge in [-0.1, -0.05) is 53.3 Å². The maximum atomic E-state index is 11.7. The molecule has 3 aromatic rings. The zero-order valence-corrected chi connectivity index (χ0v) is 13.1. The molecule has 0 saturated heterocycles. The van der Waals surface area contributed by atoms with Crippen molar-refractivity contribution in [2.45, 2.75) is 12.5 Å². The van der Waals surface area contributed by atoms with Crippen LogP contribution in [0.5, 0.6) is 0 Å². The van der Waals surface area contributed by atoms with Gasteiger partial charge in [-0.05, 0) is 11.6 Å². The Morgan fingerprint density at radius 2 is 2.14 bits per heavy atom. The fourth-order valence-corrected chi connectivity index (χ4v) is 3.22. The van der Waals surface area contributed by atoms with Crippen LogP contribution in [0.25, 0.3) is 10.3 Å². The standard InChI is InChI=1S/C15H13ClN4OS/c16-10-7-12-14(18-8-10)20-15(22-12)19-11(13(17)21)6-9-4-2-1-3-5-9/h1-5,7-8,11H,6H2,(H2,17,21)(H,18,19,20). The van der Waals surface area contributed by atoms with E-state index in [1.54, 1.807) is 12.3 Å². The Bertz CT molecular complexity index is 806. The number of nitrogens with zero attached hydrogens (tertiary/aromatic N) is 2. The highest BCUT2D eigenvalue weighted by molar-refractivity contribution is 7.22. The number of fused-ring (bicyclic) bond motifs is 1. The van der Waals surface area contributed by atoms with E-state index in [9.17, 15) is 4.79 Å². The number of amides is 1. The molecule has 1 atom stereocenters. The van der Waals surface area contributed by atoms with Crippen LogP contribution in [0.2, 0.25) is 5.02 Å². The number of carbonyl (C=O) groups excluding carboxylic acids is 1. The molecule has 2 aromatic heterocycles. The van der Waals surface area contributed by atoms with Crippen LogP contribution in [0.15, 0.2) is 42.6 Å². The second-order valence-corrected chi connectivity index (χ2v) is 6.25. The van der Waals surface area contributed by atoms with Gasteiger partial charge in [-0.25, -0.2) is 9.97 Å². The number of nitrogens with two attached hydrogens (primary N) is 1. The first kappa shape index (κ1) is 14.7. The van der Waals surface area contributed by atoms with Gasteiger partial charge in [0, 0.05) is 12.6 Å². The lowest BCUT2D eigenvalue weighted by Gasteiger charge is -2.14. The van der Waals surface area contributed by atoms with Gasteiger partial charge in [-0.2, -0.15) is 0 Å². The summed E-state index contributed by atoms with van der Waals surface area (Å²) in [7, 11) is 0. The van der Waals surface area contributed by atoms with E-state index in [-0.39, 0.29) is 0 Å². The van der Waals surface area contributed by atoms with Crippen molar-refractivity contribution in [2.24, 2.45) is 5.73 Å². The highest BCUT2D eigenvalue weighted by Gasteiger charge is 2.18. The van der Waals surface area contributed by atoms with Crippen LogP contribution in [0.3, 0.4) is 0 Å². The summed E-state index contributed by atoms with van der Waals surface area (Å²) >= 11 is 7.30. The third-order valence-electron chi connectivity index (χ3n) is 3.14. The highest BCUT2D eigenvalue weighted by Crippen LogP contribution is 2.27. The SMILES string of the molecule is NC(=O)C(Cc1ccccc1)Nc1nc2ncc(Cl)cc2s1.